The Morgan fingerprint density at radius 3 is 2.52 bits per heavy atom. The summed E-state index contributed by atoms with van der Waals surface area (Å²) >= 11 is 0. The number of nitrogens with one attached hydrogen (secondary N) is 2. The Morgan fingerprint density at radius 2 is 1.91 bits per heavy atom. The number of benzene rings is 1. The third kappa shape index (κ3) is 4.57. The van der Waals surface area contributed by atoms with Crippen LogP contribution in [0.25, 0.3) is 0 Å². The summed E-state index contributed by atoms with van der Waals surface area (Å²) in [5.74, 6) is 0.520. The van der Waals surface area contributed by atoms with Crippen LogP contribution in [0.15, 0.2) is 34.9 Å². The van der Waals surface area contributed by atoms with E-state index >= 15 is 0 Å². The van der Waals surface area contributed by atoms with Crippen molar-refractivity contribution in [3.8, 4) is 5.75 Å². The van der Waals surface area contributed by atoms with Gasteiger partial charge in [-0.1, -0.05) is 5.16 Å². The van der Waals surface area contributed by atoms with Gasteiger partial charge in [-0.15, -0.1) is 0 Å². The predicted octanol–water partition coefficient (Wildman–Crippen LogP) is 1.75. The van der Waals surface area contributed by atoms with Crippen molar-refractivity contribution in [1.82, 2.24) is 15.8 Å². The van der Waals surface area contributed by atoms with E-state index in [2.05, 4.69) is 15.8 Å². The van der Waals surface area contributed by atoms with Crippen LogP contribution in [-0.4, -0.2) is 30.1 Å². The number of carbonyl (C=O) groups is 2. The Morgan fingerprint density at radius 1 is 1.22 bits per heavy atom. The van der Waals surface area contributed by atoms with Gasteiger partial charge in [-0.25, -0.2) is 0 Å². The lowest BCUT2D eigenvalue weighted by atomic mass is 10.2. The molecule has 0 atom stereocenters. The molecule has 2 aromatic rings. The maximum absolute atomic E-state index is 12.0. The summed E-state index contributed by atoms with van der Waals surface area (Å²) in [5, 5.41) is 9.10. The third-order valence-corrected chi connectivity index (χ3v) is 2.99. The Labute approximate surface area is 134 Å². The summed E-state index contributed by atoms with van der Waals surface area (Å²) < 4.78 is 10.1. The van der Waals surface area contributed by atoms with Gasteiger partial charge in [-0.3, -0.25) is 9.59 Å². The predicted molar refractivity (Wildman–Crippen MR) is 83.3 cm³/mol. The molecule has 0 radical (unpaired) electrons. The van der Waals surface area contributed by atoms with Crippen LogP contribution in [0, 0.1) is 0 Å². The van der Waals surface area contributed by atoms with Crippen molar-refractivity contribution in [1.29, 1.82) is 0 Å². The maximum atomic E-state index is 12.0. The van der Waals surface area contributed by atoms with E-state index in [4.69, 9.17) is 9.26 Å². The molecule has 0 unspecified atom stereocenters. The first-order valence-electron chi connectivity index (χ1n) is 7.18. The number of nitrogens with zero attached hydrogens (tertiary/aromatic N) is 1. The molecule has 0 fully saturated rings. The molecule has 2 amide bonds. The lowest BCUT2D eigenvalue weighted by molar-refractivity contribution is 0.0927. The maximum Gasteiger partial charge on any atom is 0.273 e. The molecule has 0 aliphatic rings. The van der Waals surface area contributed by atoms with Crippen LogP contribution >= 0.6 is 0 Å². The molecular formula is C16H19N3O4. The number of aromatic nitrogens is 1. The second-order valence-electron chi connectivity index (χ2n) is 5.22. The summed E-state index contributed by atoms with van der Waals surface area (Å²) in [5.41, 5.74) is 0.690. The molecule has 0 saturated carbocycles. The fourth-order valence-corrected chi connectivity index (χ4v) is 1.85. The number of carbonyl (C=O) groups excluding carboxylic acids is 2. The second kappa shape index (κ2) is 7.44. The Hall–Kier alpha value is -2.83. The average molecular weight is 317 g/mol. The lowest BCUT2D eigenvalue weighted by Crippen LogP contribution is -2.30. The number of hydrogen-bond acceptors (Lipinski definition) is 5. The minimum absolute atomic E-state index is 0.0115. The largest absolute Gasteiger partial charge is 0.497 e. The van der Waals surface area contributed by atoms with Gasteiger partial charge in [0.25, 0.3) is 11.8 Å². The van der Waals surface area contributed by atoms with Crippen molar-refractivity contribution >= 4 is 11.8 Å². The van der Waals surface area contributed by atoms with Crippen molar-refractivity contribution in [3.05, 3.63) is 47.3 Å². The van der Waals surface area contributed by atoms with Crippen LogP contribution in [0.4, 0.5) is 0 Å². The second-order valence-corrected chi connectivity index (χ2v) is 5.22. The molecule has 7 heteroatoms. The van der Waals surface area contributed by atoms with Crippen molar-refractivity contribution in [3.63, 3.8) is 0 Å². The van der Waals surface area contributed by atoms with Gasteiger partial charge in [0.05, 0.1) is 13.7 Å². The van der Waals surface area contributed by atoms with Gasteiger partial charge >= 0.3 is 0 Å². The Kier molecular flexibility index (Phi) is 5.35. The lowest BCUT2D eigenvalue weighted by Gasteiger charge is -2.04. The average Bonchev–Trinajstić information content (AvgIpc) is 3.01. The van der Waals surface area contributed by atoms with Gasteiger partial charge in [0.2, 0.25) is 0 Å². The smallest absolute Gasteiger partial charge is 0.273 e. The van der Waals surface area contributed by atoms with Crippen LogP contribution in [0.2, 0.25) is 0 Å². The fourth-order valence-electron chi connectivity index (χ4n) is 1.85. The quantitative estimate of drug-likeness (QED) is 0.846. The van der Waals surface area contributed by atoms with E-state index in [0.29, 0.717) is 17.1 Å². The highest BCUT2D eigenvalue weighted by molar-refractivity contribution is 5.94. The van der Waals surface area contributed by atoms with Gasteiger partial charge in [-0.05, 0) is 38.1 Å². The van der Waals surface area contributed by atoms with Crippen molar-refractivity contribution in [2.45, 2.75) is 26.4 Å². The summed E-state index contributed by atoms with van der Waals surface area (Å²) in [4.78, 5) is 23.8. The third-order valence-electron chi connectivity index (χ3n) is 2.99. The van der Waals surface area contributed by atoms with Crippen molar-refractivity contribution < 1.29 is 18.8 Å². The molecule has 0 bridgehead atoms. The Balaban J connectivity index is 1.91. The van der Waals surface area contributed by atoms with Crippen LogP contribution in [0.3, 0.4) is 0 Å². The molecule has 1 aromatic heterocycles. The van der Waals surface area contributed by atoms with Gasteiger partial charge < -0.3 is 19.9 Å². The van der Waals surface area contributed by atoms with Crippen LogP contribution in [0.5, 0.6) is 5.75 Å². The summed E-state index contributed by atoms with van der Waals surface area (Å²) in [6, 6.07) is 8.26. The first kappa shape index (κ1) is 16.5. The zero-order chi connectivity index (χ0) is 16.8. The van der Waals surface area contributed by atoms with E-state index in [1.165, 1.54) is 6.07 Å². The summed E-state index contributed by atoms with van der Waals surface area (Å²) in [6.45, 7) is 3.86. The number of ether oxygens (including phenoxy) is 1. The van der Waals surface area contributed by atoms with Crippen molar-refractivity contribution in [2.75, 3.05) is 7.11 Å². The SMILES string of the molecule is COc1ccc(C(=O)NCc2cc(C(=O)NC(C)C)no2)cc1. The van der Waals surface area contributed by atoms with Crippen molar-refractivity contribution in [2.24, 2.45) is 0 Å². The molecule has 2 rings (SSSR count). The molecule has 0 aliphatic carbocycles. The van der Waals surface area contributed by atoms with Gasteiger partial charge in [0, 0.05) is 17.7 Å². The van der Waals surface area contributed by atoms with E-state index in [1.54, 1.807) is 31.4 Å². The van der Waals surface area contributed by atoms with Crippen LogP contribution in [0.1, 0.15) is 40.5 Å². The molecule has 2 N–H and O–H groups in total. The minimum atomic E-state index is -0.309. The first-order valence-corrected chi connectivity index (χ1v) is 7.18. The van der Waals surface area contributed by atoms with Gasteiger partial charge in [-0.2, -0.15) is 0 Å². The zero-order valence-corrected chi connectivity index (χ0v) is 13.3. The number of amides is 2. The highest BCUT2D eigenvalue weighted by atomic mass is 16.5. The Bertz CT molecular complexity index is 677. The van der Waals surface area contributed by atoms with Crippen LogP contribution < -0.4 is 15.4 Å². The summed E-state index contributed by atoms with van der Waals surface area (Å²) in [7, 11) is 1.56. The zero-order valence-electron chi connectivity index (χ0n) is 13.3. The number of methoxy groups -OCH3 is 1. The molecule has 1 heterocycles. The normalized spacial score (nSPS) is 10.4. The molecular weight excluding hydrogens is 298 g/mol. The van der Waals surface area contributed by atoms with E-state index in [1.807, 2.05) is 13.8 Å². The van der Waals surface area contributed by atoms with Gasteiger partial charge in [0.1, 0.15) is 5.75 Å². The molecule has 122 valence electrons. The topological polar surface area (TPSA) is 93.5 Å². The molecule has 0 aliphatic heterocycles. The summed E-state index contributed by atoms with van der Waals surface area (Å²) in [6.07, 6.45) is 0. The molecule has 23 heavy (non-hydrogen) atoms. The molecule has 7 nitrogen and oxygen atoms in total. The molecule has 1 aromatic carbocycles. The van der Waals surface area contributed by atoms with E-state index < -0.39 is 0 Å². The molecule has 0 spiro atoms. The number of hydrogen-bond donors (Lipinski definition) is 2. The monoisotopic (exact) mass is 317 g/mol. The highest BCUT2D eigenvalue weighted by Gasteiger charge is 2.14. The van der Waals surface area contributed by atoms with E-state index in [9.17, 15) is 9.59 Å². The minimum Gasteiger partial charge on any atom is -0.497 e. The number of rotatable bonds is 6. The highest BCUT2D eigenvalue weighted by Crippen LogP contribution is 2.11. The fraction of sp³-hybridized carbons (Fsp3) is 0.312. The molecule has 0 saturated heterocycles. The van der Waals surface area contributed by atoms with E-state index in [0.717, 1.165) is 0 Å². The van der Waals surface area contributed by atoms with Gasteiger partial charge in [0.15, 0.2) is 11.5 Å². The first-order chi connectivity index (χ1) is 11.0. The van der Waals surface area contributed by atoms with Crippen LogP contribution in [-0.2, 0) is 6.54 Å². The van der Waals surface area contributed by atoms with E-state index in [-0.39, 0.29) is 30.1 Å². The standard InChI is InChI=1S/C16H19N3O4/c1-10(2)18-16(21)14-8-13(23-19-14)9-17-15(20)11-4-6-12(22-3)7-5-11/h4-8,10H,9H2,1-3H3,(H,17,20)(H,18,21).